The Morgan fingerprint density at radius 2 is 1.69 bits per heavy atom. The standard InChI is InChI=1S/C26H28N6O4/c1-34-19-12-15(13-20(35-2)23(19)36-3)14-28-32-24(27)21(26(33)29-16-8-4-5-9-16)22-25(32)31-18-11-7-6-10-17(18)30-22/h6-7,10-14,16H,4-5,8-9,27H2,1-3H3,(H,29,33)/b28-14+. The van der Waals surface area contributed by atoms with Crippen LogP contribution in [-0.4, -0.2) is 54.1 Å². The number of rotatable bonds is 7. The number of para-hydroxylation sites is 2. The number of benzene rings is 2. The van der Waals surface area contributed by atoms with Gasteiger partial charge in [-0.1, -0.05) is 25.0 Å². The van der Waals surface area contributed by atoms with Crippen LogP contribution >= 0.6 is 0 Å². The Kier molecular flexibility index (Phi) is 6.32. The fourth-order valence-electron chi connectivity index (χ4n) is 4.62. The van der Waals surface area contributed by atoms with Crippen molar-refractivity contribution in [2.75, 3.05) is 27.1 Å². The molecule has 1 saturated carbocycles. The SMILES string of the molecule is COc1cc(/C=N/n2c(N)c(C(=O)NC3CCCC3)c3nc4ccccc4nc32)cc(OC)c1OC. The maximum atomic E-state index is 13.3. The average Bonchev–Trinajstić information content (AvgIpc) is 3.50. The number of nitrogens with one attached hydrogen (secondary N) is 1. The van der Waals surface area contributed by atoms with Gasteiger partial charge in [0.25, 0.3) is 5.91 Å². The Morgan fingerprint density at radius 1 is 1.06 bits per heavy atom. The molecule has 186 valence electrons. The van der Waals surface area contributed by atoms with E-state index in [0.29, 0.717) is 45.0 Å². The first-order valence-corrected chi connectivity index (χ1v) is 11.8. The number of methoxy groups -OCH3 is 3. The summed E-state index contributed by atoms with van der Waals surface area (Å²) in [5.74, 6) is 1.36. The zero-order valence-corrected chi connectivity index (χ0v) is 20.4. The van der Waals surface area contributed by atoms with E-state index in [1.165, 1.54) is 4.68 Å². The quantitative estimate of drug-likeness (QED) is 0.380. The van der Waals surface area contributed by atoms with Gasteiger partial charge in [-0.15, -0.1) is 0 Å². The van der Waals surface area contributed by atoms with Gasteiger partial charge in [-0.05, 0) is 37.1 Å². The van der Waals surface area contributed by atoms with Gasteiger partial charge in [0.15, 0.2) is 17.1 Å². The molecule has 36 heavy (non-hydrogen) atoms. The molecular formula is C26H28N6O4. The number of hydrogen-bond donors (Lipinski definition) is 2. The molecular weight excluding hydrogens is 460 g/mol. The summed E-state index contributed by atoms with van der Waals surface area (Å²) in [7, 11) is 4.64. The van der Waals surface area contributed by atoms with Crippen LogP contribution in [0.2, 0.25) is 0 Å². The average molecular weight is 489 g/mol. The molecule has 2 heterocycles. The van der Waals surface area contributed by atoms with E-state index in [4.69, 9.17) is 29.9 Å². The Labute approximate surface area is 208 Å². The molecule has 0 unspecified atom stereocenters. The van der Waals surface area contributed by atoms with Gasteiger partial charge in [-0.25, -0.2) is 9.97 Å². The normalized spacial score (nSPS) is 14.1. The summed E-state index contributed by atoms with van der Waals surface area (Å²) in [6, 6.07) is 11.1. The number of carbonyl (C=O) groups excluding carboxylic acids is 1. The molecule has 4 aromatic rings. The minimum atomic E-state index is -0.268. The zero-order valence-electron chi connectivity index (χ0n) is 20.4. The molecule has 1 aliphatic rings. The molecule has 0 spiro atoms. The predicted octanol–water partition coefficient (Wildman–Crippen LogP) is 3.75. The number of nitrogens with two attached hydrogens (primary N) is 1. The summed E-state index contributed by atoms with van der Waals surface area (Å²) < 4.78 is 17.7. The van der Waals surface area contributed by atoms with Crippen LogP contribution in [0.5, 0.6) is 17.2 Å². The Morgan fingerprint density at radius 3 is 2.31 bits per heavy atom. The molecule has 0 aliphatic heterocycles. The van der Waals surface area contributed by atoms with Crippen molar-refractivity contribution in [3.63, 3.8) is 0 Å². The van der Waals surface area contributed by atoms with E-state index in [2.05, 4.69) is 10.4 Å². The Balaban J connectivity index is 1.63. The minimum Gasteiger partial charge on any atom is -0.493 e. The van der Waals surface area contributed by atoms with Crippen LogP contribution < -0.4 is 25.3 Å². The van der Waals surface area contributed by atoms with Gasteiger partial charge in [-0.2, -0.15) is 9.78 Å². The van der Waals surface area contributed by atoms with Gasteiger partial charge in [-0.3, -0.25) is 4.79 Å². The van der Waals surface area contributed by atoms with Crippen molar-refractivity contribution in [3.8, 4) is 17.2 Å². The van der Waals surface area contributed by atoms with E-state index >= 15 is 0 Å². The maximum absolute atomic E-state index is 13.3. The molecule has 2 aromatic heterocycles. The van der Waals surface area contributed by atoms with Gasteiger partial charge >= 0.3 is 0 Å². The number of anilines is 1. The number of aromatic nitrogens is 3. The summed E-state index contributed by atoms with van der Waals surface area (Å²) >= 11 is 0. The number of nitrogens with zero attached hydrogens (tertiary/aromatic N) is 4. The van der Waals surface area contributed by atoms with Gasteiger partial charge in [0.05, 0.1) is 38.6 Å². The molecule has 1 aliphatic carbocycles. The lowest BCUT2D eigenvalue weighted by Crippen LogP contribution is -2.33. The predicted molar refractivity (Wildman–Crippen MR) is 138 cm³/mol. The van der Waals surface area contributed by atoms with Crippen LogP contribution in [0, 0.1) is 0 Å². The number of carbonyl (C=O) groups is 1. The second kappa shape index (κ2) is 9.73. The third-order valence-corrected chi connectivity index (χ3v) is 6.40. The Bertz CT molecular complexity index is 1450. The van der Waals surface area contributed by atoms with Crippen LogP contribution in [0.25, 0.3) is 22.2 Å². The van der Waals surface area contributed by atoms with Crippen LogP contribution in [0.1, 0.15) is 41.6 Å². The topological polar surface area (TPSA) is 126 Å². The summed E-state index contributed by atoms with van der Waals surface area (Å²) in [5.41, 5.74) is 9.62. The molecule has 0 bridgehead atoms. The van der Waals surface area contributed by atoms with Gasteiger partial charge in [0.1, 0.15) is 16.9 Å². The van der Waals surface area contributed by atoms with Gasteiger partial charge in [0, 0.05) is 11.6 Å². The first-order chi connectivity index (χ1) is 17.5. The van der Waals surface area contributed by atoms with Crippen molar-refractivity contribution < 1.29 is 19.0 Å². The number of fused-ring (bicyclic) bond motifs is 2. The molecule has 3 N–H and O–H groups in total. The molecule has 1 fully saturated rings. The zero-order chi connectivity index (χ0) is 25.2. The van der Waals surface area contributed by atoms with Crippen molar-refractivity contribution in [3.05, 3.63) is 47.5 Å². The molecule has 0 saturated heterocycles. The highest BCUT2D eigenvalue weighted by molar-refractivity contribution is 6.10. The van der Waals surface area contributed by atoms with Crippen molar-refractivity contribution in [2.45, 2.75) is 31.7 Å². The molecule has 10 nitrogen and oxygen atoms in total. The van der Waals surface area contributed by atoms with Gasteiger partial charge in [0.2, 0.25) is 5.75 Å². The van der Waals surface area contributed by atoms with E-state index in [1.54, 1.807) is 39.7 Å². The summed E-state index contributed by atoms with van der Waals surface area (Å²) in [5, 5.41) is 7.69. The van der Waals surface area contributed by atoms with Crippen LogP contribution in [-0.2, 0) is 0 Å². The van der Waals surface area contributed by atoms with Gasteiger partial charge < -0.3 is 25.3 Å². The van der Waals surface area contributed by atoms with Crippen molar-refractivity contribution in [2.24, 2.45) is 5.10 Å². The summed E-state index contributed by atoms with van der Waals surface area (Å²) in [4.78, 5) is 22.8. The largest absolute Gasteiger partial charge is 0.493 e. The van der Waals surface area contributed by atoms with Crippen molar-refractivity contribution in [1.29, 1.82) is 0 Å². The summed E-state index contributed by atoms with van der Waals surface area (Å²) in [6.45, 7) is 0. The molecule has 2 aromatic carbocycles. The monoisotopic (exact) mass is 488 g/mol. The van der Waals surface area contributed by atoms with E-state index in [1.807, 2.05) is 24.3 Å². The minimum absolute atomic E-state index is 0.131. The summed E-state index contributed by atoms with van der Waals surface area (Å²) in [6.07, 6.45) is 5.71. The molecule has 1 amide bonds. The highest BCUT2D eigenvalue weighted by Crippen LogP contribution is 2.38. The van der Waals surface area contributed by atoms with Crippen molar-refractivity contribution >= 4 is 40.1 Å². The fraction of sp³-hybridized carbons (Fsp3) is 0.308. The maximum Gasteiger partial charge on any atom is 0.257 e. The number of nitrogen functional groups attached to an aromatic ring is 1. The second-order valence-electron chi connectivity index (χ2n) is 8.61. The Hall–Kier alpha value is -4.34. The third kappa shape index (κ3) is 4.15. The first-order valence-electron chi connectivity index (χ1n) is 11.8. The molecule has 5 rings (SSSR count). The highest BCUT2D eigenvalue weighted by Gasteiger charge is 2.26. The third-order valence-electron chi connectivity index (χ3n) is 6.40. The van der Waals surface area contributed by atoms with E-state index in [0.717, 1.165) is 25.7 Å². The van der Waals surface area contributed by atoms with Crippen molar-refractivity contribution in [1.82, 2.24) is 20.0 Å². The lowest BCUT2D eigenvalue weighted by Gasteiger charge is -2.12. The number of amides is 1. The fourth-order valence-corrected chi connectivity index (χ4v) is 4.62. The highest BCUT2D eigenvalue weighted by atomic mass is 16.5. The van der Waals surface area contributed by atoms with Crippen LogP contribution in [0.3, 0.4) is 0 Å². The van der Waals surface area contributed by atoms with Crippen LogP contribution in [0.15, 0.2) is 41.5 Å². The van der Waals surface area contributed by atoms with Crippen LogP contribution in [0.4, 0.5) is 5.82 Å². The lowest BCUT2D eigenvalue weighted by atomic mass is 10.2. The van der Waals surface area contributed by atoms with E-state index in [9.17, 15) is 4.79 Å². The second-order valence-corrected chi connectivity index (χ2v) is 8.61. The smallest absolute Gasteiger partial charge is 0.257 e. The number of ether oxygens (including phenoxy) is 3. The van der Waals surface area contributed by atoms with E-state index < -0.39 is 0 Å². The molecule has 10 heteroatoms. The first kappa shape index (κ1) is 23.4. The van der Waals surface area contributed by atoms with E-state index in [-0.39, 0.29) is 23.3 Å². The molecule has 0 atom stereocenters. The molecule has 0 radical (unpaired) electrons. The lowest BCUT2D eigenvalue weighted by molar-refractivity contribution is 0.0940. The number of hydrogen-bond acceptors (Lipinski definition) is 8.